The normalized spacial score (nSPS) is 13.1. The number of benzene rings is 1. The van der Waals surface area contributed by atoms with Gasteiger partial charge in [-0.15, -0.1) is 0 Å². The first-order chi connectivity index (χ1) is 11.5. The quantitative estimate of drug-likeness (QED) is 0.724. The minimum atomic E-state index is -0.894. The van der Waals surface area contributed by atoms with E-state index in [1.54, 1.807) is 6.07 Å². The molecule has 0 bridgehead atoms. The number of nitrogens with one attached hydrogen (secondary N) is 1. The van der Waals surface area contributed by atoms with Crippen LogP contribution in [-0.2, 0) is 9.53 Å². The van der Waals surface area contributed by atoms with Crippen molar-refractivity contribution in [1.82, 2.24) is 5.32 Å². The van der Waals surface area contributed by atoms with E-state index >= 15 is 0 Å². The number of carbonyl (C=O) groups excluding carboxylic acids is 2. The molecule has 0 saturated carbocycles. The standard InChI is InChI=1S/C18H20BrNO4/c1-3-13(14-7-5-4-6-8-14)11-20-17(21)12(2)23-18(22)15-9-10-16(19)24-15/h4-10,12-13H,3,11H2,1-2H3,(H,20,21)/t12-,13+/m1/s1. The second kappa shape index (κ2) is 8.68. The van der Waals surface area contributed by atoms with Gasteiger partial charge in [0, 0.05) is 12.5 Å². The Kier molecular flexibility index (Phi) is 6.61. The highest BCUT2D eigenvalue weighted by Gasteiger charge is 2.21. The molecule has 1 aromatic heterocycles. The molecule has 0 saturated heterocycles. The number of ether oxygens (including phenoxy) is 1. The molecule has 6 heteroatoms. The van der Waals surface area contributed by atoms with Gasteiger partial charge >= 0.3 is 5.97 Å². The van der Waals surface area contributed by atoms with Crippen LogP contribution in [-0.4, -0.2) is 24.5 Å². The fourth-order valence-electron chi connectivity index (χ4n) is 2.29. The fraction of sp³-hybridized carbons (Fsp3) is 0.333. The predicted octanol–water partition coefficient (Wildman–Crippen LogP) is 3.90. The van der Waals surface area contributed by atoms with Crippen LogP contribution in [0.1, 0.15) is 42.3 Å². The van der Waals surface area contributed by atoms with Crippen LogP contribution in [0.4, 0.5) is 0 Å². The van der Waals surface area contributed by atoms with Gasteiger partial charge in [-0.05, 0) is 47.0 Å². The molecule has 24 heavy (non-hydrogen) atoms. The van der Waals surface area contributed by atoms with Crippen molar-refractivity contribution in [2.45, 2.75) is 32.3 Å². The van der Waals surface area contributed by atoms with Crippen LogP contribution in [0.2, 0.25) is 0 Å². The topological polar surface area (TPSA) is 68.5 Å². The zero-order valence-electron chi connectivity index (χ0n) is 13.6. The lowest BCUT2D eigenvalue weighted by atomic mass is 9.96. The van der Waals surface area contributed by atoms with E-state index in [1.807, 2.05) is 30.3 Å². The van der Waals surface area contributed by atoms with Gasteiger partial charge in [0.25, 0.3) is 5.91 Å². The summed E-state index contributed by atoms with van der Waals surface area (Å²) in [6, 6.07) is 13.1. The number of furan rings is 1. The Morgan fingerprint density at radius 1 is 1.21 bits per heavy atom. The molecule has 0 aliphatic carbocycles. The Balaban J connectivity index is 1.86. The third-order valence-corrected chi connectivity index (χ3v) is 4.14. The van der Waals surface area contributed by atoms with E-state index in [0.717, 1.165) is 6.42 Å². The van der Waals surface area contributed by atoms with Gasteiger partial charge < -0.3 is 14.5 Å². The SMILES string of the molecule is CC[C@@H](CNC(=O)[C@@H](C)OC(=O)c1ccc(Br)o1)c1ccccc1. The second-order valence-electron chi connectivity index (χ2n) is 5.41. The summed E-state index contributed by atoms with van der Waals surface area (Å²) in [7, 11) is 0. The maximum absolute atomic E-state index is 12.1. The minimum Gasteiger partial charge on any atom is -0.447 e. The maximum Gasteiger partial charge on any atom is 0.375 e. The van der Waals surface area contributed by atoms with E-state index < -0.39 is 12.1 Å². The van der Waals surface area contributed by atoms with Gasteiger partial charge in [-0.1, -0.05) is 37.3 Å². The van der Waals surface area contributed by atoms with Gasteiger partial charge in [-0.3, -0.25) is 4.79 Å². The molecule has 1 aromatic carbocycles. The smallest absolute Gasteiger partial charge is 0.375 e. The number of hydrogen-bond donors (Lipinski definition) is 1. The first-order valence-corrected chi connectivity index (χ1v) is 8.59. The molecule has 0 unspecified atom stereocenters. The number of amides is 1. The summed E-state index contributed by atoms with van der Waals surface area (Å²) >= 11 is 3.11. The first kappa shape index (κ1) is 18.3. The van der Waals surface area contributed by atoms with E-state index in [2.05, 4.69) is 28.2 Å². The minimum absolute atomic E-state index is 0.0530. The lowest BCUT2D eigenvalue weighted by molar-refractivity contribution is -0.129. The molecule has 128 valence electrons. The van der Waals surface area contributed by atoms with E-state index in [-0.39, 0.29) is 17.6 Å². The molecule has 0 aliphatic heterocycles. The monoisotopic (exact) mass is 393 g/mol. The van der Waals surface area contributed by atoms with E-state index in [1.165, 1.54) is 18.6 Å². The van der Waals surface area contributed by atoms with Crippen molar-refractivity contribution in [2.75, 3.05) is 6.54 Å². The van der Waals surface area contributed by atoms with Gasteiger partial charge in [0.05, 0.1) is 0 Å². The van der Waals surface area contributed by atoms with Crippen molar-refractivity contribution >= 4 is 27.8 Å². The van der Waals surface area contributed by atoms with Crippen molar-refractivity contribution in [3.63, 3.8) is 0 Å². The molecule has 1 heterocycles. The highest BCUT2D eigenvalue weighted by Crippen LogP contribution is 2.18. The number of halogens is 1. The number of hydrogen-bond acceptors (Lipinski definition) is 4. The van der Waals surface area contributed by atoms with Crippen LogP contribution in [0.5, 0.6) is 0 Å². The van der Waals surface area contributed by atoms with Gasteiger partial charge in [-0.2, -0.15) is 0 Å². The Bertz CT molecular complexity index is 683. The molecule has 2 atom stereocenters. The van der Waals surface area contributed by atoms with Crippen LogP contribution < -0.4 is 5.32 Å². The van der Waals surface area contributed by atoms with Crippen molar-refractivity contribution in [1.29, 1.82) is 0 Å². The van der Waals surface area contributed by atoms with Gasteiger partial charge in [-0.25, -0.2) is 4.79 Å². The molecule has 2 aromatic rings. The zero-order valence-corrected chi connectivity index (χ0v) is 15.2. The number of esters is 1. The molecule has 1 N–H and O–H groups in total. The molecule has 0 spiro atoms. The average molecular weight is 394 g/mol. The number of carbonyl (C=O) groups is 2. The average Bonchev–Trinajstić information content (AvgIpc) is 3.02. The summed E-state index contributed by atoms with van der Waals surface area (Å²) in [6.45, 7) is 4.10. The van der Waals surface area contributed by atoms with Gasteiger partial charge in [0.1, 0.15) is 0 Å². The number of rotatable bonds is 7. The third-order valence-electron chi connectivity index (χ3n) is 3.71. The second-order valence-corrected chi connectivity index (χ2v) is 6.19. The van der Waals surface area contributed by atoms with Crippen molar-refractivity contribution in [2.24, 2.45) is 0 Å². The summed E-state index contributed by atoms with van der Waals surface area (Å²) in [5, 5.41) is 2.84. The first-order valence-electron chi connectivity index (χ1n) is 7.80. The van der Waals surface area contributed by atoms with Crippen LogP contribution in [0.3, 0.4) is 0 Å². The van der Waals surface area contributed by atoms with Crippen LogP contribution in [0, 0.1) is 0 Å². The zero-order chi connectivity index (χ0) is 17.5. The lowest BCUT2D eigenvalue weighted by Gasteiger charge is -2.18. The molecule has 2 rings (SSSR count). The van der Waals surface area contributed by atoms with E-state index in [9.17, 15) is 9.59 Å². The van der Waals surface area contributed by atoms with Crippen molar-refractivity contribution in [3.8, 4) is 0 Å². The summed E-state index contributed by atoms with van der Waals surface area (Å²) in [4.78, 5) is 24.0. The highest BCUT2D eigenvalue weighted by molar-refractivity contribution is 9.10. The molecule has 5 nitrogen and oxygen atoms in total. The summed E-state index contributed by atoms with van der Waals surface area (Å²) in [6.07, 6.45) is 0.00783. The Morgan fingerprint density at radius 3 is 2.50 bits per heavy atom. The van der Waals surface area contributed by atoms with Crippen LogP contribution in [0.25, 0.3) is 0 Å². The lowest BCUT2D eigenvalue weighted by Crippen LogP contribution is -2.37. The largest absolute Gasteiger partial charge is 0.447 e. The van der Waals surface area contributed by atoms with E-state index in [0.29, 0.717) is 11.2 Å². The molecule has 0 aliphatic rings. The maximum atomic E-state index is 12.1. The van der Waals surface area contributed by atoms with Crippen molar-refractivity contribution < 1.29 is 18.7 Å². The summed E-state index contributed by atoms with van der Waals surface area (Å²) < 4.78 is 10.7. The van der Waals surface area contributed by atoms with Crippen LogP contribution >= 0.6 is 15.9 Å². The highest BCUT2D eigenvalue weighted by atomic mass is 79.9. The molecular formula is C18H20BrNO4. The van der Waals surface area contributed by atoms with Crippen LogP contribution in [0.15, 0.2) is 51.6 Å². The molecule has 0 radical (unpaired) electrons. The third kappa shape index (κ3) is 4.96. The summed E-state index contributed by atoms with van der Waals surface area (Å²) in [5.74, 6) is -0.724. The fourth-order valence-corrected chi connectivity index (χ4v) is 2.59. The van der Waals surface area contributed by atoms with Crippen molar-refractivity contribution in [3.05, 3.63) is 58.5 Å². The Morgan fingerprint density at radius 2 is 1.92 bits per heavy atom. The Hall–Kier alpha value is -2.08. The summed E-state index contributed by atoms with van der Waals surface area (Å²) in [5.41, 5.74) is 1.17. The molecular weight excluding hydrogens is 374 g/mol. The Labute approximate surface area is 149 Å². The predicted molar refractivity (Wildman–Crippen MR) is 93.8 cm³/mol. The van der Waals surface area contributed by atoms with E-state index in [4.69, 9.17) is 9.15 Å². The molecule has 0 fully saturated rings. The molecule has 1 amide bonds. The van der Waals surface area contributed by atoms with Gasteiger partial charge in [0.15, 0.2) is 10.8 Å². The van der Waals surface area contributed by atoms with Gasteiger partial charge in [0.2, 0.25) is 5.76 Å².